The van der Waals surface area contributed by atoms with Crippen molar-refractivity contribution in [3.63, 3.8) is 0 Å². The van der Waals surface area contributed by atoms with Crippen molar-refractivity contribution in [1.82, 2.24) is 0 Å². The van der Waals surface area contributed by atoms with E-state index < -0.39 is 0 Å². The Balaban J connectivity index is 2.02. The molecule has 0 spiro atoms. The number of nitrogens with one attached hydrogen (secondary N) is 1. The molecule has 0 radical (unpaired) electrons. The molecule has 1 N–H and O–H groups in total. The molecule has 0 aliphatic carbocycles. The lowest BCUT2D eigenvalue weighted by atomic mass is 10.1. The second-order valence-corrected chi connectivity index (χ2v) is 5.58. The molecular weight excluding hydrogens is 202 g/mol. The molecule has 0 saturated carbocycles. The minimum Gasteiger partial charge on any atom is -0.381 e. The highest BCUT2D eigenvalue weighted by atomic mass is 32.2. The Morgan fingerprint density at radius 2 is 1.93 bits per heavy atom. The van der Waals surface area contributed by atoms with Crippen molar-refractivity contribution in [3.8, 4) is 0 Å². The van der Waals surface area contributed by atoms with Crippen LogP contribution in [0.1, 0.15) is 24.0 Å². The van der Waals surface area contributed by atoms with Gasteiger partial charge in [-0.1, -0.05) is 6.07 Å². The molecule has 0 unspecified atom stereocenters. The first-order valence-electron chi connectivity index (χ1n) is 5.66. The van der Waals surface area contributed by atoms with Crippen LogP contribution in [0.2, 0.25) is 0 Å². The molecule has 1 atom stereocenters. The Morgan fingerprint density at radius 1 is 1.20 bits per heavy atom. The zero-order chi connectivity index (χ0) is 10.7. The molecule has 1 aliphatic heterocycles. The van der Waals surface area contributed by atoms with Crippen LogP contribution in [0, 0.1) is 13.8 Å². The van der Waals surface area contributed by atoms with E-state index in [4.69, 9.17) is 0 Å². The molecule has 2 heteroatoms. The quantitative estimate of drug-likeness (QED) is 0.818. The lowest BCUT2D eigenvalue weighted by Crippen LogP contribution is -2.25. The fourth-order valence-electron chi connectivity index (χ4n) is 2.15. The first-order chi connectivity index (χ1) is 7.24. The molecule has 0 aromatic heterocycles. The van der Waals surface area contributed by atoms with Crippen LogP contribution < -0.4 is 5.32 Å². The molecule has 1 aromatic carbocycles. The van der Waals surface area contributed by atoms with Crippen LogP contribution in [0.15, 0.2) is 18.2 Å². The van der Waals surface area contributed by atoms with Crippen LogP contribution in [-0.2, 0) is 0 Å². The van der Waals surface area contributed by atoms with Crippen LogP contribution in [0.3, 0.4) is 0 Å². The first-order valence-corrected chi connectivity index (χ1v) is 6.82. The topological polar surface area (TPSA) is 12.0 Å². The van der Waals surface area contributed by atoms with Gasteiger partial charge in [0.2, 0.25) is 0 Å². The number of benzene rings is 1. The highest BCUT2D eigenvalue weighted by molar-refractivity contribution is 7.99. The summed E-state index contributed by atoms with van der Waals surface area (Å²) in [5.41, 5.74) is 3.99. The third-order valence-electron chi connectivity index (χ3n) is 2.75. The van der Waals surface area contributed by atoms with Crippen LogP contribution in [0.4, 0.5) is 5.69 Å². The Kier molecular flexibility index (Phi) is 3.57. The van der Waals surface area contributed by atoms with E-state index in [0.29, 0.717) is 6.04 Å². The third-order valence-corrected chi connectivity index (χ3v) is 3.97. The van der Waals surface area contributed by atoms with Gasteiger partial charge in [-0.15, -0.1) is 0 Å². The fourth-order valence-corrected chi connectivity index (χ4v) is 3.22. The van der Waals surface area contributed by atoms with Gasteiger partial charge in [-0.3, -0.25) is 0 Å². The van der Waals surface area contributed by atoms with Gasteiger partial charge in [0.05, 0.1) is 0 Å². The van der Waals surface area contributed by atoms with Gasteiger partial charge >= 0.3 is 0 Å². The molecule has 1 aromatic rings. The van der Waals surface area contributed by atoms with E-state index in [1.165, 1.54) is 41.2 Å². The molecule has 0 bridgehead atoms. The number of anilines is 1. The SMILES string of the molecule is Cc1cc(C)cc(N[C@H]2CCCSC2)c1. The summed E-state index contributed by atoms with van der Waals surface area (Å²) in [5.74, 6) is 2.60. The molecule has 82 valence electrons. The van der Waals surface area contributed by atoms with Gasteiger partial charge in [-0.2, -0.15) is 11.8 Å². The first kappa shape index (κ1) is 10.9. The van der Waals surface area contributed by atoms with Crippen molar-refractivity contribution in [2.45, 2.75) is 32.7 Å². The summed E-state index contributed by atoms with van der Waals surface area (Å²) in [6.07, 6.45) is 2.67. The van der Waals surface area contributed by atoms with Crippen LogP contribution in [0.25, 0.3) is 0 Å². The maximum absolute atomic E-state index is 3.64. The van der Waals surface area contributed by atoms with E-state index in [-0.39, 0.29) is 0 Å². The molecule has 0 amide bonds. The average molecular weight is 221 g/mol. The number of hydrogen-bond acceptors (Lipinski definition) is 2. The summed E-state index contributed by atoms with van der Waals surface area (Å²) in [7, 11) is 0. The number of hydrogen-bond donors (Lipinski definition) is 1. The predicted molar refractivity (Wildman–Crippen MR) is 69.9 cm³/mol. The fraction of sp³-hybridized carbons (Fsp3) is 0.538. The Bertz CT molecular complexity index is 309. The van der Waals surface area contributed by atoms with E-state index in [9.17, 15) is 0 Å². The Hall–Kier alpha value is -0.630. The van der Waals surface area contributed by atoms with Gasteiger partial charge in [-0.25, -0.2) is 0 Å². The summed E-state index contributed by atoms with van der Waals surface area (Å²) in [6.45, 7) is 4.32. The highest BCUT2D eigenvalue weighted by Gasteiger charge is 2.13. The van der Waals surface area contributed by atoms with Crippen molar-refractivity contribution in [1.29, 1.82) is 0 Å². The molecular formula is C13H19NS. The van der Waals surface area contributed by atoms with Crippen molar-refractivity contribution < 1.29 is 0 Å². The molecule has 1 saturated heterocycles. The highest BCUT2D eigenvalue weighted by Crippen LogP contribution is 2.22. The van der Waals surface area contributed by atoms with Gasteiger partial charge in [0.15, 0.2) is 0 Å². The van der Waals surface area contributed by atoms with Crippen molar-refractivity contribution in [2.75, 3.05) is 16.8 Å². The van der Waals surface area contributed by atoms with E-state index >= 15 is 0 Å². The normalized spacial score (nSPS) is 21.3. The monoisotopic (exact) mass is 221 g/mol. The molecule has 2 rings (SSSR count). The molecule has 1 heterocycles. The van der Waals surface area contributed by atoms with E-state index in [1.807, 2.05) is 0 Å². The van der Waals surface area contributed by atoms with Gasteiger partial charge < -0.3 is 5.32 Å². The van der Waals surface area contributed by atoms with E-state index in [1.54, 1.807) is 0 Å². The minimum atomic E-state index is 0.671. The summed E-state index contributed by atoms with van der Waals surface area (Å²) in [4.78, 5) is 0. The molecule has 15 heavy (non-hydrogen) atoms. The lowest BCUT2D eigenvalue weighted by molar-refractivity contribution is 0.685. The molecule has 1 fully saturated rings. The van der Waals surface area contributed by atoms with Crippen molar-refractivity contribution >= 4 is 17.4 Å². The summed E-state index contributed by atoms with van der Waals surface area (Å²) < 4.78 is 0. The van der Waals surface area contributed by atoms with Crippen LogP contribution >= 0.6 is 11.8 Å². The molecule has 1 aliphatic rings. The van der Waals surface area contributed by atoms with Gasteiger partial charge in [0.1, 0.15) is 0 Å². The van der Waals surface area contributed by atoms with Gasteiger partial charge in [0.25, 0.3) is 0 Å². The summed E-state index contributed by atoms with van der Waals surface area (Å²) >= 11 is 2.07. The Labute approximate surface area is 96.7 Å². The van der Waals surface area contributed by atoms with Crippen LogP contribution in [-0.4, -0.2) is 17.5 Å². The maximum atomic E-state index is 3.64. The Morgan fingerprint density at radius 3 is 2.53 bits per heavy atom. The predicted octanol–water partition coefficient (Wildman–Crippen LogP) is 3.61. The van der Waals surface area contributed by atoms with Gasteiger partial charge in [0, 0.05) is 17.5 Å². The zero-order valence-electron chi connectivity index (χ0n) is 9.55. The smallest absolute Gasteiger partial charge is 0.0352 e. The standard InChI is InChI=1S/C13H19NS/c1-10-6-11(2)8-13(7-10)14-12-4-3-5-15-9-12/h6-8,12,14H,3-5,9H2,1-2H3/t12-/m0/s1. The number of rotatable bonds is 2. The number of thioether (sulfide) groups is 1. The minimum absolute atomic E-state index is 0.671. The van der Waals surface area contributed by atoms with Crippen molar-refractivity contribution in [3.05, 3.63) is 29.3 Å². The summed E-state index contributed by atoms with van der Waals surface area (Å²) in [6, 6.07) is 7.38. The number of aryl methyl sites for hydroxylation is 2. The second kappa shape index (κ2) is 4.93. The lowest BCUT2D eigenvalue weighted by Gasteiger charge is -2.23. The van der Waals surface area contributed by atoms with E-state index in [2.05, 4.69) is 49.1 Å². The van der Waals surface area contributed by atoms with E-state index in [0.717, 1.165) is 0 Å². The largest absolute Gasteiger partial charge is 0.381 e. The van der Waals surface area contributed by atoms with Gasteiger partial charge in [-0.05, 0) is 55.7 Å². The average Bonchev–Trinajstić information content (AvgIpc) is 2.17. The summed E-state index contributed by atoms with van der Waals surface area (Å²) in [5, 5.41) is 3.64. The second-order valence-electron chi connectivity index (χ2n) is 4.43. The maximum Gasteiger partial charge on any atom is 0.0352 e. The zero-order valence-corrected chi connectivity index (χ0v) is 10.4. The van der Waals surface area contributed by atoms with Crippen molar-refractivity contribution in [2.24, 2.45) is 0 Å². The van der Waals surface area contributed by atoms with Crippen LogP contribution in [0.5, 0.6) is 0 Å². The molecule has 1 nitrogen and oxygen atoms in total. The third kappa shape index (κ3) is 3.16.